The summed E-state index contributed by atoms with van der Waals surface area (Å²) < 4.78 is 34.0. The van der Waals surface area contributed by atoms with Gasteiger partial charge in [-0.25, -0.2) is 23.5 Å². The molecule has 0 bridgehead atoms. The van der Waals surface area contributed by atoms with Crippen LogP contribution in [0.25, 0.3) is 10.2 Å². The minimum atomic E-state index is -1.14. The molecule has 146 valence electrons. The Kier molecular flexibility index (Phi) is 5.05. The summed E-state index contributed by atoms with van der Waals surface area (Å²) in [4.78, 5) is 19.1. The Labute approximate surface area is 167 Å². The maximum absolute atomic E-state index is 13.7. The summed E-state index contributed by atoms with van der Waals surface area (Å²) in [6, 6.07) is 11.8. The number of carboxylic acid groups (broad SMARTS) is 1. The van der Waals surface area contributed by atoms with E-state index in [0.29, 0.717) is 22.1 Å². The number of benzene rings is 2. The normalized spacial score (nSPS) is 10.8. The number of anilines is 1. The minimum absolute atomic E-state index is 0.0311. The Bertz CT molecular complexity index is 1190. The van der Waals surface area contributed by atoms with Gasteiger partial charge in [0.05, 0.1) is 10.2 Å². The molecule has 4 rings (SSSR count). The van der Waals surface area contributed by atoms with Crippen molar-refractivity contribution in [2.45, 2.75) is 6.54 Å². The number of nitrogens with zero attached hydrogens (tertiary/aromatic N) is 2. The van der Waals surface area contributed by atoms with Gasteiger partial charge < -0.3 is 15.2 Å². The summed E-state index contributed by atoms with van der Waals surface area (Å²) in [5, 5.41) is 12.5. The lowest BCUT2D eigenvalue weighted by molar-refractivity contribution is 0.0690. The van der Waals surface area contributed by atoms with Crippen LogP contribution in [0, 0.1) is 11.6 Å². The number of carbonyl (C=O) groups is 1. The van der Waals surface area contributed by atoms with Gasteiger partial charge in [-0.2, -0.15) is 0 Å². The second kappa shape index (κ2) is 7.80. The highest BCUT2D eigenvalue weighted by molar-refractivity contribution is 7.22. The van der Waals surface area contributed by atoms with Gasteiger partial charge in [0.15, 0.2) is 10.8 Å². The molecular weight excluding hydrogens is 400 g/mol. The summed E-state index contributed by atoms with van der Waals surface area (Å²) in [5.74, 6) is -1.54. The van der Waals surface area contributed by atoms with Crippen LogP contribution in [0.1, 0.15) is 16.1 Å². The number of halogens is 2. The van der Waals surface area contributed by atoms with Crippen molar-refractivity contribution in [2.75, 3.05) is 5.32 Å². The van der Waals surface area contributed by atoms with E-state index in [0.717, 1.165) is 4.70 Å². The number of carboxylic acids is 1. The molecule has 0 fully saturated rings. The molecule has 0 atom stereocenters. The lowest BCUT2D eigenvalue weighted by Gasteiger charge is -2.05. The smallest absolute Gasteiger partial charge is 0.354 e. The molecule has 2 heterocycles. The van der Waals surface area contributed by atoms with Gasteiger partial charge in [0.1, 0.15) is 23.1 Å². The first kappa shape index (κ1) is 18.8. The fourth-order valence-corrected chi connectivity index (χ4v) is 3.53. The number of aromatic carboxylic acids is 1. The van der Waals surface area contributed by atoms with E-state index in [1.807, 2.05) is 0 Å². The summed E-state index contributed by atoms with van der Waals surface area (Å²) in [7, 11) is 0. The molecule has 2 aromatic carbocycles. The van der Waals surface area contributed by atoms with Crippen LogP contribution in [0.2, 0.25) is 0 Å². The van der Waals surface area contributed by atoms with Gasteiger partial charge in [-0.15, -0.1) is 0 Å². The predicted molar refractivity (Wildman–Crippen MR) is 105 cm³/mol. The molecule has 0 spiro atoms. The zero-order valence-electron chi connectivity index (χ0n) is 14.7. The summed E-state index contributed by atoms with van der Waals surface area (Å²) in [6.07, 6.45) is 1.36. The largest absolute Gasteiger partial charge is 0.477 e. The molecule has 0 saturated heterocycles. The maximum Gasteiger partial charge on any atom is 0.354 e. The summed E-state index contributed by atoms with van der Waals surface area (Å²) in [5.41, 5.74) is 0.524. The Balaban J connectivity index is 1.52. The first-order valence-electron chi connectivity index (χ1n) is 8.44. The van der Waals surface area contributed by atoms with E-state index in [2.05, 4.69) is 15.3 Å². The van der Waals surface area contributed by atoms with Gasteiger partial charge >= 0.3 is 5.97 Å². The number of fused-ring (bicyclic) bond motifs is 1. The zero-order chi connectivity index (χ0) is 20.4. The Morgan fingerprint density at radius 1 is 1.10 bits per heavy atom. The highest BCUT2D eigenvalue weighted by atomic mass is 32.1. The van der Waals surface area contributed by atoms with Gasteiger partial charge in [0.2, 0.25) is 0 Å². The highest BCUT2D eigenvalue weighted by Crippen LogP contribution is 2.31. The molecule has 4 aromatic rings. The molecule has 0 aliphatic carbocycles. The Morgan fingerprint density at radius 2 is 1.86 bits per heavy atom. The van der Waals surface area contributed by atoms with Gasteiger partial charge in [-0.05, 0) is 30.3 Å². The molecule has 2 aromatic heterocycles. The SMILES string of the molecule is O=C(O)c1cc(Oc2ccc3nc(NCc4c(F)cccc4F)sc3c2)ccn1. The van der Waals surface area contributed by atoms with Crippen LogP contribution < -0.4 is 10.1 Å². The van der Waals surface area contributed by atoms with Crippen LogP contribution in [0.3, 0.4) is 0 Å². The van der Waals surface area contributed by atoms with E-state index in [1.165, 1.54) is 41.8 Å². The van der Waals surface area contributed by atoms with E-state index < -0.39 is 17.6 Å². The van der Waals surface area contributed by atoms with Gasteiger partial charge in [-0.3, -0.25) is 0 Å². The van der Waals surface area contributed by atoms with E-state index in [9.17, 15) is 13.6 Å². The number of ether oxygens (including phenoxy) is 1. The van der Waals surface area contributed by atoms with Crippen molar-refractivity contribution in [2.24, 2.45) is 0 Å². The molecule has 6 nitrogen and oxygen atoms in total. The third-order valence-corrected chi connectivity index (χ3v) is 5.00. The van der Waals surface area contributed by atoms with Crippen molar-refractivity contribution in [3.05, 3.63) is 77.6 Å². The van der Waals surface area contributed by atoms with Crippen LogP contribution in [0.5, 0.6) is 11.5 Å². The average Bonchev–Trinajstić information content (AvgIpc) is 3.10. The first-order chi connectivity index (χ1) is 14.0. The van der Waals surface area contributed by atoms with E-state index in [1.54, 1.807) is 24.3 Å². The standard InChI is InChI=1S/C20H13F2N3O3S/c21-14-2-1-3-15(22)13(14)10-24-20-25-16-5-4-11(9-18(16)29-20)28-12-6-7-23-17(8-12)19(26)27/h1-9H,10H2,(H,24,25)(H,26,27). The quantitative estimate of drug-likeness (QED) is 0.459. The molecule has 0 unspecified atom stereocenters. The number of nitrogens with one attached hydrogen (secondary N) is 1. The monoisotopic (exact) mass is 413 g/mol. The average molecular weight is 413 g/mol. The highest BCUT2D eigenvalue weighted by Gasteiger charge is 2.11. The molecule has 0 saturated carbocycles. The van der Waals surface area contributed by atoms with Crippen molar-refractivity contribution in [1.82, 2.24) is 9.97 Å². The number of rotatable bonds is 6. The van der Waals surface area contributed by atoms with E-state index in [-0.39, 0.29) is 17.8 Å². The number of hydrogen-bond acceptors (Lipinski definition) is 6. The van der Waals surface area contributed by atoms with Gasteiger partial charge in [0.25, 0.3) is 0 Å². The number of pyridine rings is 1. The maximum atomic E-state index is 13.7. The van der Waals surface area contributed by atoms with E-state index in [4.69, 9.17) is 9.84 Å². The number of aromatic nitrogens is 2. The fourth-order valence-electron chi connectivity index (χ4n) is 2.64. The molecule has 0 amide bonds. The summed E-state index contributed by atoms with van der Waals surface area (Å²) in [6.45, 7) is -0.0311. The van der Waals surface area contributed by atoms with Crippen molar-refractivity contribution in [1.29, 1.82) is 0 Å². The van der Waals surface area contributed by atoms with Crippen LogP contribution in [-0.4, -0.2) is 21.0 Å². The van der Waals surface area contributed by atoms with Crippen LogP contribution >= 0.6 is 11.3 Å². The van der Waals surface area contributed by atoms with Crippen molar-refractivity contribution >= 4 is 32.7 Å². The second-order valence-electron chi connectivity index (χ2n) is 5.99. The molecule has 9 heteroatoms. The van der Waals surface area contributed by atoms with E-state index >= 15 is 0 Å². The minimum Gasteiger partial charge on any atom is -0.477 e. The summed E-state index contributed by atoms with van der Waals surface area (Å²) >= 11 is 1.31. The number of hydrogen-bond donors (Lipinski definition) is 2. The topological polar surface area (TPSA) is 84.3 Å². The first-order valence-corrected chi connectivity index (χ1v) is 9.26. The van der Waals surface area contributed by atoms with Crippen molar-refractivity contribution in [3.8, 4) is 11.5 Å². The lowest BCUT2D eigenvalue weighted by atomic mass is 10.2. The third-order valence-electron chi connectivity index (χ3n) is 4.02. The Morgan fingerprint density at radius 3 is 2.62 bits per heavy atom. The van der Waals surface area contributed by atoms with Crippen molar-refractivity contribution in [3.63, 3.8) is 0 Å². The Hall–Kier alpha value is -3.59. The molecule has 29 heavy (non-hydrogen) atoms. The van der Waals surface area contributed by atoms with Crippen LogP contribution in [-0.2, 0) is 6.54 Å². The molecular formula is C20H13F2N3O3S. The molecule has 0 radical (unpaired) electrons. The molecule has 0 aliphatic heterocycles. The predicted octanol–water partition coefficient (Wildman–Crippen LogP) is 5.07. The van der Waals surface area contributed by atoms with Gasteiger partial charge in [-0.1, -0.05) is 17.4 Å². The fraction of sp³-hybridized carbons (Fsp3) is 0.0500. The van der Waals surface area contributed by atoms with Crippen LogP contribution in [0.4, 0.5) is 13.9 Å². The lowest BCUT2D eigenvalue weighted by Crippen LogP contribution is -2.04. The zero-order valence-corrected chi connectivity index (χ0v) is 15.5. The van der Waals surface area contributed by atoms with Gasteiger partial charge in [0, 0.05) is 30.4 Å². The number of thiazole rings is 1. The third kappa shape index (κ3) is 4.14. The molecule has 0 aliphatic rings. The second-order valence-corrected chi connectivity index (χ2v) is 7.02. The van der Waals surface area contributed by atoms with Crippen LogP contribution in [0.15, 0.2) is 54.7 Å². The van der Waals surface area contributed by atoms with Crippen molar-refractivity contribution < 1.29 is 23.4 Å². The molecule has 2 N–H and O–H groups in total.